The van der Waals surface area contributed by atoms with Crippen LogP contribution in [0, 0.1) is 11.8 Å². The average Bonchev–Trinajstić information content (AvgIpc) is 2.65. The van der Waals surface area contributed by atoms with E-state index in [1.165, 1.54) is 14.2 Å². The fraction of sp³-hybridized carbons (Fsp3) is 0.700. The van der Waals surface area contributed by atoms with Gasteiger partial charge in [0.15, 0.2) is 12.1 Å². The Bertz CT molecular complexity index is 505. The highest BCUT2D eigenvalue weighted by Crippen LogP contribution is 2.39. The minimum absolute atomic E-state index is 0.180. The van der Waals surface area contributed by atoms with Gasteiger partial charge in [0.2, 0.25) is 0 Å². The number of carbonyl (C=O) groups excluding carboxylic acids is 2. The molecule has 0 N–H and O–H groups in total. The second kappa shape index (κ2) is 13.6. The van der Waals surface area contributed by atoms with E-state index in [9.17, 15) is 14.2 Å². The molecule has 0 saturated carbocycles. The third-order valence-electron chi connectivity index (χ3n) is 4.13. The van der Waals surface area contributed by atoms with Crippen LogP contribution in [0.1, 0.15) is 40.5 Å². The van der Waals surface area contributed by atoms with Crippen molar-refractivity contribution in [2.45, 2.75) is 52.6 Å². The fourth-order valence-corrected chi connectivity index (χ4v) is 4.55. The lowest BCUT2D eigenvalue weighted by Crippen LogP contribution is -2.45. The van der Waals surface area contributed by atoms with Crippen molar-refractivity contribution in [1.29, 1.82) is 0 Å². The summed E-state index contributed by atoms with van der Waals surface area (Å²) in [6.45, 7) is 15.8. The minimum Gasteiger partial charge on any atom is -0.468 e. The normalized spacial score (nSPS) is 13.5. The number of esters is 2. The Kier molecular flexibility index (Phi) is 12.8. The molecule has 0 aliphatic heterocycles. The number of methoxy groups -OCH3 is 2. The van der Waals surface area contributed by atoms with Crippen molar-refractivity contribution in [3.8, 4) is 0 Å². The number of hydrogen-bond donors (Lipinski definition) is 0. The molecule has 2 atom stereocenters. The van der Waals surface area contributed by atoms with E-state index < -0.39 is 32.1 Å². The monoisotopic (exact) mass is 415 g/mol. The van der Waals surface area contributed by atoms with Gasteiger partial charge < -0.3 is 9.47 Å². The summed E-state index contributed by atoms with van der Waals surface area (Å²) in [6, 6.07) is -1.42. The molecule has 0 fully saturated rings. The van der Waals surface area contributed by atoms with Gasteiger partial charge in [-0.05, 0) is 29.2 Å². The van der Waals surface area contributed by atoms with Crippen molar-refractivity contribution in [3.63, 3.8) is 0 Å². The second-order valence-corrected chi connectivity index (χ2v) is 8.94. The zero-order valence-electron chi connectivity index (χ0n) is 18.1. The van der Waals surface area contributed by atoms with Gasteiger partial charge in [0.1, 0.15) is 0 Å². The quantitative estimate of drug-likeness (QED) is 0.243. The second-order valence-electron chi connectivity index (χ2n) is 7.41. The lowest BCUT2D eigenvalue weighted by Gasteiger charge is -2.27. The van der Waals surface area contributed by atoms with E-state index in [-0.39, 0.29) is 24.9 Å². The van der Waals surface area contributed by atoms with Gasteiger partial charge in [0.25, 0.3) is 0 Å². The van der Waals surface area contributed by atoms with Crippen LogP contribution in [0.15, 0.2) is 25.3 Å². The summed E-state index contributed by atoms with van der Waals surface area (Å²) in [7, 11) is 0.361. The van der Waals surface area contributed by atoms with Crippen LogP contribution in [0.25, 0.3) is 0 Å². The largest absolute Gasteiger partial charge is 0.539 e. The number of hydrogen-bond acceptors (Lipinski definition) is 5. The number of ether oxygens (including phenoxy) is 2. The zero-order chi connectivity index (χ0) is 21.9. The van der Waals surface area contributed by atoms with Gasteiger partial charge in [-0.2, -0.15) is 0 Å². The molecule has 0 aromatic rings. The highest BCUT2D eigenvalue weighted by Gasteiger charge is 2.48. The highest BCUT2D eigenvalue weighted by molar-refractivity contribution is 7.39. The Morgan fingerprint density at radius 3 is 1.39 bits per heavy atom. The molecule has 0 heterocycles. The van der Waals surface area contributed by atoms with Crippen molar-refractivity contribution in [3.05, 3.63) is 25.3 Å². The topological polar surface area (TPSA) is 76.2 Å². The minimum atomic E-state index is -2.26. The molecule has 160 valence electrons. The molecule has 0 aliphatic rings. The van der Waals surface area contributed by atoms with Crippen LogP contribution < -0.4 is 0 Å². The van der Waals surface area contributed by atoms with E-state index in [0.717, 1.165) is 0 Å². The molecule has 0 saturated heterocycles. The van der Waals surface area contributed by atoms with Gasteiger partial charge in [-0.3, -0.25) is 9.59 Å². The molecule has 0 bridgehead atoms. The average molecular weight is 415 g/mol. The summed E-state index contributed by atoms with van der Waals surface area (Å²) in [5.41, 5.74) is 0. The zero-order valence-corrected chi connectivity index (χ0v) is 19.0. The summed E-state index contributed by atoms with van der Waals surface area (Å²) < 4.78 is 26.6. The van der Waals surface area contributed by atoms with Crippen LogP contribution in [-0.2, 0) is 23.6 Å². The molecular formula is C20H36N2O5P+. The number of rotatable bonds is 14. The van der Waals surface area contributed by atoms with Crippen molar-refractivity contribution < 1.29 is 23.6 Å². The standard InChI is InChI=1S/C20H36N2O5P/c1-9-11-21(17(13-15(3)4)19(23)26-7)28(25)22(12-10-2)18(14-16(5)6)20(24)27-8/h9-10,15-18H,1-2,11-14H2,3-8H3/q+1/t17-,18-/m0/s1. The maximum absolute atomic E-state index is 13.6. The van der Waals surface area contributed by atoms with Crippen LogP contribution in [0.2, 0.25) is 0 Å². The molecule has 0 aliphatic carbocycles. The number of carbonyl (C=O) groups is 2. The Labute approximate surface area is 170 Å². The summed E-state index contributed by atoms with van der Waals surface area (Å²) in [4.78, 5) is 24.9. The molecule has 0 aromatic carbocycles. The Morgan fingerprint density at radius 2 is 1.18 bits per heavy atom. The molecule has 0 spiro atoms. The van der Waals surface area contributed by atoms with E-state index in [2.05, 4.69) is 13.2 Å². The first-order chi connectivity index (χ1) is 13.1. The van der Waals surface area contributed by atoms with Gasteiger partial charge in [-0.25, -0.2) is 0 Å². The van der Waals surface area contributed by atoms with Crippen LogP contribution in [0.4, 0.5) is 0 Å². The highest BCUT2D eigenvalue weighted by atomic mass is 31.1. The molecular weight excluding hydrogens is 379 g/mol. The summed E-state index contributed by atoms with van der Waals surface area (Å²) >= 11 is 0. The Balaban J connectivity index is 6.07. The van der Waals surface area contributed by atoms with Gasteiger partial charge in [0.05, 0.1) is 27.3 Å². The van der Waals surface area contributed by atoms with Crippen molar-refractivity contribution in [2.24, 2.45) is 11.8 Å². The lowest BCUT2D eigenvalue weighted by molar-refractivity contribution is -0.145. The van der Waals surface area contributed by atoms with Gasteiger partial charge >= 0.3 is 20.0 Å². The first-order valence-corrected chi connectivity index (χ1v) is 10.7. The first kappa shape index (κ1) is 26.4. The van der Waals surface area contributed by atoms with Gasteiger partial charge in [-0.15, -0.1) is 13.2 Å². The third kappa shape index (κ3) is 8.21. The Morgan fingerprint density at radius 1 is 0.857 bits per heavy atom. The smallest absolute Gasteiger partial charge is 0.468 e. The number of nitrogens with zero attached hydrogens (tertiary/aromatic N) is 2. The van der Waals surface area contributed by atoms with Crippen molar-refractivity contribution in [2.75, 3.05) is 27.3 Å². The fourth-order valence-electron chi connectivity index (χ4n) is 2.89. The first-order valence-electron chi connectivity index (χ1n) is 9.52. The summed E-state index contributed by atoms with van der Waals surface area (Å²) in [5, 5.41) is 0. The van der Waals surface area contributed by atoms with Gasteiger partial charge in [0, 0.05) is 0 Å². The molecule has 0 unspecified atom stereocenters. The predicted octanol–water partition coefficient (Wildman–Crippen LogP) is 3.80. The molecule has 8 heteroatoms. The molecule has 0 rings (SSSR count). The van der Waals surface area contributed by atoms with Crippen LogP contribution in [0.3, 0.4) is 0 Å². The SMILES string of the molecule is C=CCN([C@@H](CC(C)C)C(=O)OC)[P+](=O)N(CC=C)[C@@H](CC(C)C)C(=O)OC. The molecule has 7 nitrogen and oxygen atoms in total. The summed E-state index contributed by atoms with van der Waals surface area (Å²) in [6.07, 6.45) is 4.11. The lowest BCUT2D eigenvalue weighted by atomic mass is 10.0. The van der Waals surface area contributed by atoms with Crippen molar-refractivity contribution >= 4 is 20.0 Å². The van der Waals surface area contributed by atoms with E-state index in [4.69, 9.17) is 9.47 Å². The molecule has 0 radical (unpaired) electrons. The van der Waals surface area contributed by atoms with E-state index in [0.29, 0.717) is 12.8 Å². The maximum Gasteiger partial charge on any atom is 0.539 e. The van der Waals surface area contributed by atoms with Crippen molar-refractivity contribution in [1.82, 2.24) is 9.34 Å². The third-order valence-corrected chi connectivity index (χ3v) is 5.89. The molecule has 28 heavy (non-hydrogen) atoms. The van der Waals surface area contributed by atoms with Crippen LogP contribution >= 0.6 is 8.10 Å². The van der Waals surface area contributed by atoms with Gasteiger partial charge in [-0.1, -0.05) is 49.2 Å². The maximum atomic E-state index is 13.6. The molecule has 0 amide bonds. The molecule has 0 aromatic heterocycles. The predicted molar refractivity (Wildman–Crippen MR) is 112 cm³/mol. The van der Waals surface area contributed by atoms with E-state index in [1.807, 2.05) is 27.7 Å². The summed E-state index contributed by atoms with van der Waals surface area (Å²) in [5.74, 6) is -0.564. The Hall–Kier alpha value is -1.56. The van der Waals surface area contributed by atoms with E-state index in [1.54, 1.807) is 21.5 Å². The van der Waals surface area contributed by atoms with E-state index >= 15 is 0 Å². The van der Waals surface area contributed by atoms with Crippen LogP contribution in [0.5, 0.6) is 0 Å². The van der Waals surface area contributed by atoms with Crippen LogP contribution in [-0.4, -0.2) is 60.7 Å².